The van der Waals surface area contributed by atoms with Gasteiger partial charge in [0.2, 0.25) is 5.91 Å². The first kappa shape index (κ1) is 18.2. The second-order valence-electron chi connectivity index (χ2n) is 5.97. The molecule has 0 saturated carbocycles. The standard InChI is InChI=1S/C19H23NO3S/c1-14-5-2-6-15(11-14)12-16(19(22)23)13-20-18(21)9-3-7-17-8-4-10-24-17/h2,4-6,8,10-11,16H,3,7,9,12-13H2,1H3,(H,20,21)(H,22,23). The van der Waals surface area contributed by atoms with Gasteiger partial charge >= 0.3 is 5.97 Å². The van der Waals surface area contributed by atoms with Crippen LogP contribution in [0.4, 0.5) is 0 Å². The van der Waals surface area contributed by atoms with Gasteiger partial charge in [0.05, 0.1) is 5.92 Å². The first-order valence-electron chi connectivity index (χ1n) is 8.12. The van der Waals surface area contributed by atoms with Gasteiger partial charge in [-0.1, -0.05) is 35.9 Å². The molecule has 1 atom stereocenters. The van der Waals surface area contributed by atoms with Gasteiger partial charge in [-0.2, -0.15) is 0 Å². The number of carboxylic acids is 1. The number of nitrogens with one attached hydrogen (secondary N) is 1. The Morgan fingerprint density at radius 2 is 2.08 bits per heavy atom. The van der Waals surface area contributed by atoms with Crippen LogP contribution in [0.25, 0.3) is 0 Å². The lowest BCUT2D eigenvalue weighted by Crippen LogP contribution is -2.34. The fourth-order valence-corrected chi connectivity index (χ4v) is 3.33. The molecule has 0 aliphatic heterocycles. The van der Waals surface area contributed by atoms with E-state index in [0.29, 0.717) is 12.8 Å². The van der Waals surface area contributed by atoms with Gasteiger partial charge in [0.1, 0.15) is 0 Å². The number of aryl methyl sites for hydroxylation is 2. The number of aliphatic carboxylic acids is 1. The lowest BCUT2D eigenvalue weighted by atomic mass is 9.98. The Bertz CT molecular complexity index is 667. The minimum Gasteiger partial charge on any atom is -0.481 e. The number of carboxylic acid groups (broad SMARTS) is 1. The quantitative estimate of drug-likeness (QED) is 0.732. The maximum absolute atomic E-state index is 11.9. The van der Waals surface area contributed by atoms with Crippen LogP contribution in [0.5, 0.6) is 0 Å². The number of carbonyl (C=O) groups excluding carboxylic acids is 1. The summed E-state index contributed by atoms with van der Waals surface area (Å²) >= 11 is 1.69. The van der Waals surface area contributed by atoms with E-state index in [-0.39, 0.29) is 12.5 Å². The van der Waals surface area contributed by atoms with E-state index in [9.17, 15) is 14.7 Å². The van der Waals surface area contributed by atoms with Crippen LogP contribution in [-0.4, -0.2) is 23.5 Å². The van der Waals surface area contributed by atoms with Crippen LogP contribution < -0.4 is 5.32 Å². The molecule has 1 unspecified atom stereocenters. The van der Waals surface area contributed by atoms with Crippen LogP contribution in [0, 0.1) is 12.8 Å². The second kappa shape index (κ2) is 9.23. The van der Waals surface area contributed by atoms with Crippen molar-refractivity contribution in [2.24, 2.45) is 5.92 Å². The monoisotopic (exact) mass is 345 g/mol. The van der Waals surface area contributed by atoms with E-state index in [0.717, 1.165) is 24.0 Å². The molecular formula is C19H23NO3S. The molecule has 1 amide bonds. The molecule has 5 heteroatoms. The Labute approximate surface area is 146 Å². The number of benzene rings is 1. The molecule has 1 aromatic heterocycles. The molecule has 0 fully saturated rings. The van der Waals surface area contributed by atoms with Crippen molar-refractivity contribution in [2.75, 3.05) is 6.54 Å². The maximum atomic E-state index is 11.9. The fraction of sp³-hybridized carbons (Fsp3) is 0.368. The molecule has 2 N–H and O–H groups in total. The van der Waals surface area contributed by atoms with Crippen LogP contribution in [0.1, 0.15) is 28.8 Å². The molecule has 1 heterocycles. The summed E-state index contributed by atoms with van der Waals surface area (Å²) in [4.78, 5) is 24.6. The minimum atomic E-state index is -0.879. The van der Waals surface area contributed by atoms with Gasteiger partial charge in [-0.05, 0) is 43.2 Å². The molecular weight excluding hydrogens is 322 g/mol. The van der Waals surface area contributed by atoms with E-state index in [1.54, 1.807) is 11.3 Å². The molecule has 2 aromatic rings. The lowest BCUT2D eigenvalue weighted by molar-refractivity contribution is -0.141. The minimum absolute atomic E-state index is 0.0814. The van der Waals surface area contributed by atoms with Gasteiger partial charge in [-0.15, -0.1) is 11.3 Å². The zero-order valence-corrected chi connectivity index (χ0v) is 14.6. The summed E-state index contributed by atoms with van der Waals surface area (Å²) in [5.41, 5.74) is 2.09. The van der Waals surface area contributed by atoms with Gasteiger partial charge < -0.3 is 10.4 Å². The van der Waals surface area contributed by atoms with Crippen molar-refractivity contribution in [3.05, 3.63) is 57.8 Å². The summed E-state index contributed by atoms with van der Waals surface area (Å²) in [5, 5.41) is 14.2. The third-order valence-corrected chi connectivity index (χ3v) is 4.80. The summed E-state index contributed by atoms with van der Waals surface area (Å²) in [6.07, 6.45) is 2.51. The van der Waals surface area contributed by atoms with Crippen LogP contribution in [0.3, 0.4) is 0 Å². The number of hydrogen-bond acceptors (Lipinski definition) is 3. The molecule has 0 radical (unpaired) electrons. The van der Waals surface area contributed by atoms with Crippen molar-refractivity contribution in [3.8, 4) is 0 Å². The SMILES string of the molecule is Cc1cccc(CC(CNC(=O)CCCc2cccs2)C(=O)O)c1. The van der Waals surface area contributed by atoms with Crippen molar-refractivity contribution in [1.29, 1.82) is 0 Å². The average molecular weight is 345 g/mol. The van der Waals surface area contributed by atoms with Crippen molar-refractivity contribution in [2.45, 2.75) is 32.6 Å². The highest BCUT2D eigenvalue weighted by Crippen LogP contribution is 2.13. The molecule has 0 saturated heterocycles. The number of carbonyl (C=O) groups is 2. The summed E-state index contributed by atoms with van der Waals surface area (Å²) in [5.74, 6) is -1.56. The van der Waals surface area contributed by atoms with E-state index >= 15 is 0 Å². The Kier molecular flexibility index (Phi) is 7.00. The van der Waals surface area contributed by atoms with Crippen molar-refractivity contribution < 1.29 is 14.7 Å². The van der Waals surface area contributed by atoms with Gasteiger partial charge in [0.25, 0.3) is 0 Å². The van der Waals surface area contributed by atoms with E-state index in [1.807, 2.05) is 42.6 Å². The summed E-state index contributed by atoms with van der Waals surface area (Å²) in [7, 11) is 0. The highest BCUT2D eigenvalue weighted by molar-refractivity contribution is 7.09. The summed E-state index contributed by atoms with van der Waals surface area (Å²) in [6, 6.07) is 11.9. The van der Waals surface area contributed by atoms with E-state index in [4.69, 9.17) is 0 Å². The number of rotatable bonds is 9. The average Bonchev–Trinajstić information content (AvgIpc) is 3.04. The zero-order chi connectivity index (χ0) is 17.4. The third-order valence-electron chi connectivity index (χ3n) is 3.87. The Balaban J connectivity index is 1.76. The van der Waals surface area contributed by atoms with Crippen LogP contribution >= 0.6 is 11.3 Å². The predicted octanol–water partition coefficient (Wildman–Crippen LogP) is 3.44. The molecule has 1 aromatic carbocycles. The predicted molar refractivity (Wildman–Crippen MR) is 96.3 cm³/mol. The lowest BCUT2D eigenvalue weighted by Gasteiger charge is -2.14. The normalized spacial score (nSPS) is 11.9. The smallest absolute Gasteiger partial charge is 0.308 e. The molecule has 0 bridgehead atoms. The highest BCUT2D eigenvalue weighted by Gasteiger charge is 2.19. The summed E-state index contributed by atoms with van der Waals surface area (Å²) in [6.45, 7) is 2.15. The molecule has 128 valence electrons. The topological polar surface area (TPSA) is 66.4 Å². The number of thiophene rings is 1. The molecule has 0 aliphatic carbocycles. The molecule has 2 rings (SSSR count). The van der Waals surface area contributed by atoms with Gasteiger partial charge in [-0.3, -0.25) is 9.59 Å². The van der Waals surface area contributed by atoms with E-state index < -0.39 is 11.9 Å². The van der Waals surface area contributed by atoms with Crippen LogP contribution in [-0.2, 0) is 22.4 Å². The molecule has 4 nitrogen and oxygen atoms in total. The number of hydrogen-bond donors (Lipinski definition) is 2. The van der Waals surface area contributed by atoms with Gasteiger partial charge in [-0.25, -0.2) is 0 Å². The highest BCUT2D eigenvalue weighted by atomic mass is 32.1. The second-order valence-corrected chi connectivity index (χ2v) is 7.00. The number of amides is 1. The fourth-order valence-electron chi connectivity index (χ4n) is 2.57. The van der Waals surface area contributed by atoms with E-state index in [2.05, 4.69) is 11.4 Å². The van der Waals surface area contributed by atoms with Crippen molar-refractivity contribution >= 4 is 23.2 Å². The van der Waals surface area contributed by atoms with Crippen molar-refractivity contribution in [3.63, 3.8) is 0 Å². The zero-order valence-electron chi connectivity index (χ0n) is 13.8. The summed E-state index contributed by atoms with van der Waals surface area (Å²) < 4.78 is 0. The largest absolute Gasteiger partial charge is 0.481 e. The van der Waals surface area contributed by atoms with E-state index in [1.165, 1.54) is 4.88 Å². The first-order valence-corrected chi connectivity index (χ1v) is 9.00. The first-order chi connectivity index (χ1) is 11.5. The van der Waals surface area contributed by atoms with Gasteiger partial charge in [0.15, 0.2) is 0 Å². The van der Waals surface area contributed by atoms with Crippen LogP contribution in [0.2, 0.25) is 0 Å². The third kappa shape index (κ3) is 6.16. The molecule has 0 spiro atoms. The Hall–Kier alpha value is -2.14. The Morgan fingerprint density at radius 3 is 2.75 bits per heavy atom. The molecule has 0 aliphatic rings. The van der Waals surface area contributed by atoms with Gasteiger partial charge in [0, 0.05) is 17.8 Å². The Morgan fingerprint density at radius 1 is 1.25 bits per heavy atom. The molecule has 24 heavy (non-hydrogen) atoms. The van der Waals surface area contributed by atoms with Crippen molar-refractivity contribution in [1.82, 2.24) is 5.32 Å². The maximum Gasteiger partial charge on any atom is 0.308 e. The van der Waals surface area contributed by atoms with Crippen LogP contribution in [0.15, 0.2) is 41.8 Å².